The third kappa shape index (κ3) is 5.67. The molecule has 1 saturated carbocycles. The Kier molecular flexibility index (Phi) is 7.19. The SMILES string of the molecule is CCNC(CS(=O)(=O)CCOC)C1CCCCC1. The lowest BCUT2D eigenvalue weighted by Crippen LogP contribution is -2.43. The molecular weight excluding hydrogens is 250 g/mol. The summed E-state index contributed by atoms with van der Waals surface area (Å²) in [6, 6.07) is 0.122. The molecule has 0 aliphatic heterocycles. The maximum absolute atomic E-state index is 12.0. The topological polar surface area (TPSA) is 55.4 Å². The highest BCUT2D eigenvalue weighted by Crippen LogP contribution is 2.27. The molecule has 0 spiro atoms. The largest absolute Gasteiger partial charge is 0.384 e. The predicted octanol–water partition coefficient (Wildman–Crippen LogP) is 1.61. The monoisotopic (exact) mass is 277 g/mol. The van der Waals surface area contributed by atoms with Crippen LogP contribution in [-0.2, 0) is 14.6 Å². The maximum atomic E-state index is 12.0. The number of rotatable bonds is 8. The van der Waals surface area contributed by atoms with Gasteiger partial charge in [0, 0.05) is 13.2 Å². The van der Waals surface area contributed by atoms with Gasteiger partial charge in [0.05, 0.1) is 18.1 Å². The lowest BCUT2D eigenvalue weighted by Gasteiger charge is -2.30. The Morgan fingerprint density at radius 1 is 1.28 bits per heavy atom. The van der Waals surface area contributed by atoms with Crippen LogP contribution in [-0.4, -0.2) is 46.2 Å². The number of methoxy groups -OCH3 is 1. The van der Waals surface area contributed by atoms with Crippen molar-refractivity contribution < 1.29 is 13.2 Å². The Hall–Kier alpha value is -0.130. The molecule has 0 radical (unpaired) electrons. The molecule has 0 bridgehead atoms. The van der Waals surface area contributed by atoms with Gasteiger partial charge in [-0.15, -0.1) is 0 Å². The Labute approximate surface area is 111 Å². The first kappa shape index (κ1) is 15.9. The fourth-order valence-electron chi connectivity index (χ4n) is 2.73. The van der Waals surface area contributed by atoms with Gasteiger partial charge in [-0.1, -0.05) is 26.2 Å². The molecule has 0 amide bonds. The molecular formula is C13H27NO3S. The van der Waals surface area contributed by atoms with E-state index >= 15 is 0 Å². The predicted molar refractivity (Wildman–Crippen MR) is 74.6 cm³/mol. The minimum Gasteiger partial charge on any atom is -0.384 e. The highest BCUT2D eigenvalue weighted by molar-refractivity contribution is 7.91. The second-order valence-electron chi connectivity index (χ2n) is 5.17. The number of sulfone groups is 1. The van der Waals surface area contributed by atoms with Gasteiger partial charge in [0.25, 0.3) is 0 Å². The summed E-state index contributed by atoms with van der Waals surface area (Å²) in [5.74, 6) is 0.920. The lowest BCUT2D eigenvalue weighted by atomic mass is 9.84. The van der Waals surface area contributed by atoms with Gasteiger partial charge in [0.1, 0.15) is 0 Å². The van der Waals surface area contributed by atoms with Crippen LogP contribution in [0.4, 0.5) is 0 Å². The van der Waals surface area contributed by atoms with Crippen molar-refractivity contribution >= 4 is 9.84 Å². The van der Waals surface area contributed by atoms with Crippen LogP contribution in [0.5, 0.6) is 0 Å². The quantitative estimate of drug-likeness (QED) is 0.732. The van der Waals surface area contributed by atoms with Crippen molar-refractivity contribution in [1.29, 1.82) is 0 Å². The molecule has 0 aromatic carbocycles. The van der Waals surface area contributed by atoms with Crippen molar-refractivity contribution in [3.8, 4) is 0 Å². The van der Waals surface area contributed by atoms with Crippen molar-refractivity contribution in [2.75, 3.05) is 31.8 Å². The summed E-state index contributed by atoms with van der Waals surface area (Å²) in [6.45, 7) is 3.17. The Bertz CT molecular complexity index is 310. The van der Waals surface area contributed by atoms with E-state index in [9.17, 15) is 8.42 Å². The summed E-state index contributed by atoms with van der Waals surface area (Å²) in [5.41, 5.74) is 0. The third-order valence-corrected chi connectivity index (χ3v) is 5.37. The highest BCUT2D eigenvalue weighted by atomic mass is 32.2. The normalized spacial score (nSPS) is 19.9. The average Bonchev–Trinajstić information content (AvgIpc) is 2.37. The van der Waals surface area contributed by atoms with E-state index in [-0.39, 0.29) is 17.5 Å². The Balaban J connectivity index is 2.55. The maximum Gasteiger partial charge on any atom is 0.154 e. The molecule has 0 aromatic rings. The first-order valence-corrected chi connectivity index (χ1v) is 8.84. The van der Waals surface area contributed by atoms with Crippen LogP contribution in [0.2, 0.25) is 0 Å². The molecule has 4 nitrogen and oxygen atoms in total. The van der Waals surface area contributed by atoms with Crippen LogP contribution < -0.4 is 5.32 Å². The van der Waals surface area contributed by atoms with Gasteiger partial charge in [-0.05, 0) is 25.3 Å². The van der Waals surface area contributed by atoms with Gasteiger partial charge in [0.15, 0.2) is 9.84 Å². The zero-order chi connectivity index (χ0) is 13.4. The molecule has 108 valence electrons. The lowest BCUT2D eigenvalue weighted by molar-refractivity contribution is 0.216. The first-order valence-electron chi connectivity index (χ1n) is 7.02. The van der Waals surface area contributed by atoms with Gasteiger partial charge in [-0.25, -0.2) is 8.42 Å². The summed E-state index contributed by atoms with van der Waals surface area (Å²) >= 11 is 0. The van der Waals surface area contributed by atoms with E-state index in [0.29, 0.717) is 12.5 Å². The second kappa shape index (κ2) is 8.12. The first-order chi connectivity index (χ1) is 8.59. The summed E-state index contributed by atoms with van der Waals surface area (Å²) in [4.78, 5) is 0. The van der Waals surface area contributed by atoms with Gasteiger partial charge in [-0.2, -0.15) is 0 Å². The molecule has 0 saturated heterocycles. The van der Waals surface area contributed by atoms with E-state index < -0.39 is 9.84 Å². The van der Waals surface area contributed by atoms with Crippen molar-refractivity contribution in [3.05, 3.63) is 0 Å². The van der Waals surface area contributed by atoms with Crippen LogP contribution in [0, 0.1) is 5.92 Å². The van der Waals surface area contributed by atoms with Crippen molar-refractivity contribution in [2.24, 2.45) is 5.92 Å². The van der Waals surface area contributed by atoms with E-state index in [2.05, 4.69) is 5.32 Å². The van der Waals surface area contributed by atoms with E-state index in [1.165, 1.54) is 19.3 Å². The fourth-order valence-corrected chi connectivity index (χ4v) is 4.25. The number of ether oxygens (including phenoxy) is 1. The summed E-state index contributed by atoms with van der Waals surface area (Å²) in [7, 11) is -1.46. The number of hydrogen-bond donors (Lipinski definition) is 1. The van der Waals surface area contributed by atoms with E-state index in [1.807, 2.05) is 6.92 Å². The molecule has 1 N–H and O–H groups in total. The minimum atomic E-state index is -3.00. The van der Waals surface area contributed by atoms with Crippen molar-refractivity contribution in [1.82, 2.24) is 5.32 Å². The van der Waals surface area contributed by atoms with Gasteiger partial charge in [-0.3, -0.25) is 0 Å². The van der Waals surface area contributed by atoms with E-state index in [0.717, 1.165) is 19.4 Å². The minimum absolute atomic E-state index is 0.122. The van der Waals surface area contributed by atoms with E-state index in [1.54, 1.807) is 7.11 Å². The molecule has 5 heteroatoms. The molecule has 18 heavy (non-hydrogen) atoms. The molecule has 1 atom stereocenters. The molecule has 1 rings (SSSR count). The number of nitrogens with one attached hydrogen (secondary N) is 1. The highest BCUT2D eigenvalue weighted by Gasteiger charge is 2.27. The molecule has 1 fully saturated rings. The zero-order valence-corrected chi connectivity index (χ0v) is 12.5. The fraction of sp³-hybridized carbons (Fsp3) is 1.00. The van der Waals surface area contributed by atoms with Gasteiger partial charge >= 0.3 is 0 Å². The zero-order valence-electron chi connectivity index (χ0n) is 11.7. The molecule has 1 aliphatic rings. The average molecular weight is 277 g/mol. The van der Waals surface area contributed by atoms with Gasteiger partial charge < -0.3 is 10.1 Å². The van der Waals surface area contributed by atoms with Crippen LogP contribution in [0.25, 0.3) is 0 Å². The van der Waals surface area contributed by atoms with Crippen molar-refractivity contribution in [2.45, 2.75) is 45.1 Å². The second-order valence-corrected chi connectivity index (χ2v) is 7.40. The summed E-state index contributed by atoms with van der Waals surface area (Å²) in [5, 5.41) is 3.36. The third-order valence-electron chi connectivity index (χ3n) is 3.72. The van der Waals surface area contributed by atoms with Gasteiger partial charge in [0.2, 0.25) is 0 Å². The summed E-state index contributed by atoms with van der Waals surface area (Å²) in [6.07, 6.45) is 6.11. The molecule has 1 aliphatic carbocycles. The molecule has 0 heterocycles. The Morgan fingerprint density at radius 3 is 2.50 bits per heavy atom. The molecule has 1 unspecified atom stereocenters. The smallest absolute Gasteiger partial charge is 0.154 e. The van der Waals surface area contributed by atoms with Crippen LogP contribution in [0.1, 0.15) is 39.0 Å². The summed E-state index contributed by atoms with van der Waals surface area (Å²) < 4.78 is 28.9. The van der Waals surface area contributed by atoms with Crippen LogP contribution >= 0.6 is 0 Å². The standard InChI is InChI=1S/C13H27NO3S/c1-3-14-13(12-7-5-4-6-8-12)11-18(15,16)10-9-17-2/h12-14H,3-11H2,1-2H3. The number of hydrogen-bond acceptors (Lipinski definition) is 4. The molecule has 0 aromatic heterocycles. The van der Waals surface area contributed by atoms with Crippen LogP contribution in [0.3, 0.4) is 0 Å². The van der Waals surface area contributed by atoms with E-state index in [4.69, 9.17) is 4.74 Å². The Morgan fingerprint density at radius 2 is 1.94 bits per heavy atom. The van der Waals surface area contributed by atoms with Crippen molar-refractivity contribution in [3.63, 3.8) is 0 Å². The van der Waals surface area contributed by atoms with Crippen LogP contribution in [0.15, 0.2) is 0 Å².